The Morgan fingerprint density at radius 3 is 2.58 bits per heavy atom. The van der Waals surface area contributed by atoms with Crippen LogP contribution >= 0.6 is 0 Å². The number of methoxy groups -OCH3 is 2. The van der Waals surface area contributed by atoms with Crippen molar-refractivity contribution in [2.45, 2.75) is 6.04 Å². The summed E-state index contributed by atoms with van der Waals surface area (Å²) in [4.78, 5) is 0. The lowest BCUT2D eigenvalue weighted by atomic mass is 10.1. The number of rotatable bonds is 5. The Morgan fingerprint density at radius 1 is 1.21 bits per heavy atom. The molecule has 128 valence electrons. The summed E-state index contributed by atoms with van der Waals surface area (Å²) in [7, 11) is -0.446. The highest BCUT2D eigenvalue weighted by molar-refractivity contribution is 7.88. The van der Waals surface area contributed by atoms with Crippen molar-refractivity contribution in [1.29, 1.82) is 0 Å². The maximum absolute atomic E-state index is 12.2. The quantitative estimate of drug-likeness (QED) is 0.890. The predicted molar refractivity (Wildman–Crippen MR) is 88.8 cm³/mol. The molecule has 0 unspecified atom stereocenters. The molecule has 1 N–H and O–H groups in total. The number of benzene rings is 1. The highest BCUT2D eigenvalue weighted by Gasteiger charge is 2.35. The van der Waals surface area contributed by atoms with Gasteiger partial charge in [-0.2, -0.15) is 0 Å². The molecule has 7 nitrogen and oxygen atoms in total. The number of hydrogen-bond acceptors (Lipinski definition) is 6. The summed E-state index contributed by atoms with van der Waals surface area (Å²) in [5.74, 6) is 1.72. The first kappa shape index (κ1) is 16.4. The van der Waals surface area contributed by atoms with Crippen LogP contribution < -0.4 is 14.9 Å². The number of hydrogen-bond donors (Lipinski definition) is 1. The maximum Gasteiger partial charge on any atom is 0.228 e. The summed E-state index contributed by atoms with van der Waals surface area (Å²) in [6.45, 7) is 0. The Kier molecular flexibility index (Phi) is 4.25. The van der Waals surface area contributed by atoms with Gasteiger partial charge in [-0.15, -0.1) is 4.41 Å². The second kappa shape index (κ2) is 6.21. The van der Waals surface area contributed by atoms with Crippen LogP contribution in [0.5, 0.6) is 11.5 Å². The molecule has 1 aliphatic heterocycles. The molecule has 2 heterocycles. The molecule has 1 aromatic heterocycles. The van der Waals surface area contributed by atoms with Gasteiger partial charge in [-0.05, 0) is 36.4 Å². The van der Waals surface area contributed by atoms with Crippen LogP contribution in [0.1, 0.15) is 17.4 Å². The monoisotopic (exact) mass is 350 g/mol. The number of nitrogens with one attached hydrogen (secondary N) is 1. The standard InChI is InChI=1S/C16H18N2O5S/c1-21-11-6-7-15(22-2)12(9-11)14-10-13(16-5-4-8-23-16)17-18(14)24(3,19)20/h4-10,14,17H,1-3H3/t14-/m1/s1. The van der Waals surface area contributed by atoms with E-state index >= 15 is 0 Å². The fourth-order valence-corrected chi connectivity index (χ4v) is 3.45. The van der Waals surface area contributed by atoms with E-state index in [1.165, 1.54) is 17.8 Å². The van der Waals surface area contributed by atoms with E-state index in [1.807, 2.05) is 0 Å². The van der Waals surface area contributed by atoms with Crippen LogP contribution in [0.4, 0.5) is 0 Å². The van der Waals surface area contributed by atoms with Crippen LogP contribution in [0.25, 0.3) is 5.70 Å². The summed E-state index contributed by atoms with van der Waals surface area (Å²) in [5, 5.41) is 0. The van der Waals surface area contributed by atoms with E-state index < -0.39 is 16.1 Å². The first-order chi connectivity index (χ1) is 11.4. The van der Waals surface area contributed by atoms with Gasteiger partial charge < -0.3 is 19.3 Å². The summed E-state index contributed by atoms with van der Waals surface area (Å²) in [6, 6.07) is 8.16. The van der Waals surface area contributed by atoms with Crippen LogP contribution in [0.3, 0.4) is 0 Å². The van der Waals surface area contributed by atoms with Crippen molar-refractivity contribution in [2.75, 3.05) is 20.5 Å². The lowest BCUT2D eigenvalue weighted by Crippen LogP contribution is -2.38. The molecule has 0 saturated carbocycles. The van der Waals surface area contributed by atoms with E-state index in [9.17, 15) is 8.42 Å². The second-order valence-corrected chi connectivity index (χ2v) is 7.14. The van der Waals surface area contributed by atoms with Gasteiger partial charge in [0.15, 0.2) is 5.76 Å². The molecule has 1 aliphatic rings. The van der Waals surface area contributed by atoms with Crippen molar-refractivity contribution < 1.29 is 22.3 Å². The van der Waals surface area contributed by atoms with Crippen molar-refractivity contribution in [3.8, 4) is 11.5 Å². The van der Waals surface area contributed by atoms with Gasteiger partial charge in [0.05, 0.1) is 38.5 Å². The topological polar surface area (TPSA) is 81.0 Å². The first-order valence-electron chi connectivity index (χ1n) is 7.17. The van der Waals surface area contributed by atoms with E-state index in [0.29, 0.717) is 28.5 Å². The Bertz CT molecular complexity index is 859. The molecule has 0 aliphatic carbocycles. The molecule has 1 atom stereocenters. The molecule has 0 saturated heterocycles. The zero-order valence-corrected chi connectivity index (χ0v) is 14.3. The molecule has 8 heteroatoms. The molecule has 3 rings (SSSR count). The van der Waals surface area contributed by atoms with Crippen LogP contribution in [0.15, 0.2) is 47.1 Å². The third kappa shape index (κ3) is 2.98. The van der Waals surface area contributed by atoms with Crippen LogP contribution in [0, 0.1) is 0 Å². The van der Waals surface area contributed by atoms with Crippen molar-refractivity contribution >= 4 is 15.7 Å². The second-order valence-electron chi connectivity index (χ2n) is 5.28. The normalized spacial score (nSPS) is 18.1. The Morgan fingerprint density at radius 2 is 2.00 bits per heavy atom. The van der Waals surface area contributed by atoms with Gasteiger partial charge >= 0.3 is 0 Å². The average molecular weight is 350 g/mol. The van der Waals surface area contributed by atoms with Crippen molar-refractivity contribution in [3.05, 3.63) is 54.0 Å². The van der Waals surface area contributed by atoms with Crippen molar-refractivity contribution in [2.24, 2.45) is 0 Å². The molecule has 24 heavy (non-hydrogen) atoms. The number of furan rings is 1. The average Bonchev–Trinajstić information content (AvgIpc) is 3.22. The SMILES string of the molecule is COc1ccc(OC)c([C@H]2C=C(c3ccco3)NN2S(C)(=O)=O)c1. The minimum absolute atomic E-state index is 0.549. The van der Waals surface area contributed by atoms with Gasteiger partial charge in [-0.1, -0.05) is 0 Å². The largest absolute Gasteiger partial charge is 0.497 e. The van der Waals surface area contributed by atoms with Gasteiger partial charge in [0.25, 0.3) is 0 Å². The molecular weight excluding hydrogens is 332 g/mol. The summed E-state index contributed by atoms with van der Waals surface area (Å²) < 4.78 is 41.6. The summed E-state index contributed by atoms with van der Waals surface area (Å²) >= 11 is 0. The number of ether oxygens (including phenoxy) is 2. The first-order valence-corrected chi connectivity index (χ1v) is 9.02. The molecular formula is C16H18N2O5S. The highest BCUT2D eigenvalue weighted by atomic mass is 32.2. The van der Waals surface area contributed by atoms with Crippen molar-refractivity contribution in [1.82, 2.24) is 9.84 Å². The smallest absolute Gasteiger partial charge is 0.228 e. The minimum Gasteiger partial charge on any atom is -0.497 e. The fourth-order valence-electron chi connectivity index (χ4n) is 2.60. The Balaban J connectivity index is 2.11. The number of hydrazine groups is 1. The third-order valence-electron chi connectivity index (χ3n) is 3.71. The van der Waals surface area contributed by atoms with Crippen molar-refractivity contribution in [3.63, 3.8) is 0 Å². The predicted octanol–water partition coefficient (Wildman–Crippen LogP) is 2.16. The van der Waals surface area contributed by atoms with Gasteiger partial charge in [0, 0.05) is 5.56 Å². The van der Waals surface area contributed by atoms with Crippen LogP contribution in [0.2, 0.25) is 0 Å². The van der Waals surface area contributed by atoms with E-state index in [4.69, 9.17) is 13.9 Å². The van der Waals surface area contributed by atoms with E-state index in [-0.39, 0.29) is 0 Å². The lowest BCUT2D eigenvalue weighted by Gasteiger charge is -2.24. The molecule has 2 aromatic rings. The Hall–Kier alpha value is -2.45. The fraction of sp³-hybridized carbons (Fsp3) is 0.250. The van der Waals surface area contributed by atoms with Gasteiger partial charge in [-0.25, -0.2) is 8.42 Å². The van der Waals surface area contributed by atoms with Gasteiger partial charge in [0.1, 0.15) is 11.5 Å². The zero-order chi connectivity index (χ0) is 17.3. The molecule has 0 amide bonds. The maximum atomic E-state index is 12.2. The van der Waals surface area contributed by atoms with E-state index in [2.05, 4.69) is 5.43 Å². The van der Waals surface area contributed by atoms with Gasteiger partial charge in [0.2, 0.25) is 10.0 Å². The van der Waals surface area contributed by atoms with Crippen LogP contribution in [-0.2, 0) is 10.0 Å². The van der Waals surface area contributed by atoms with Crippen LogP contribution in [-0.4, -0.2) is 33.3 Å². The molecule has 0 spiro atoms. The summed E-state index contributed by atoms with van der Waals surface area (Å²) in [5.41, 5.74) is 4.12. The lowest BCUT2D eigenvalue weighted by molar-refractivity contribution is 0.333. The summed E-state index contributed by atoms with van der Waals surface area (Å²) in [6.07, 6.45) is 4.44. The molecule has 0 bridgehead atoms. The van der Waals surface area contributed by atoms with E-state index in [1.54, 1.807) is 43.5 Å². The Labute approximate surface area is 140 Å². The molecule has 1 aromatic carbocycles. The minimum atomic E-state index is -3.54. The van der Waals surface area contributed by atoms with E-state index in [0.717, 1.165) is 6.26 Å². The molecule has 0 radical (unpaired) electrons. The molecule has 0 fully saturated rings. The zero-order valence-electron chi connectivity index (χ0n) is 13.5. The number of sulfonamides is 1. The van der Waals surface area contributed by atoms with Gasteiger partial charge in [-0.3, -0.25) is 0 Å². The third-order valence-corrected chi connectivity index (χ3v) is 4.74. The highest BCUT2D eigenvalue weighted by Crippen LogP contribution is 2.38. The number of nitrogens with zero attached hydrogens (tertiary/aromatic N) is 1.